The average molecular weight is 527 g/mol. The number of carbonyl (C=O) groups is 2. The molecule has 2 heterocycles. The zero-order chi connectivity index (χ0) is 26.7. The number of allylic oxidation sites excluding steroid dienone is 2. The fourth-order valence-electron chi connectivity index (χ4n) is 4.35. The molecule has 0 fully saturated rings. The van der Waals surface area contributed by atoms with E-state index in [0.29, 0.717) is 38.8 Å². The first-order valence-corrected chi connectivity index (χ1v) is 12.1. The van der Waals surface area contributed by atoms with Crippen LogP contribution < -0.4 is 10.1 Å². The lowest BCUT2D eigenvalue weighted by atomic mass is 9.78. The SMILES string of the molecule is COC(=O)C1=C(C)NC(C)=C(C(=O)OC)C1c1ccccc1-c1nc(-c2ccc(OC(F)F)cc2)cs1. The summed E-state index contributed by atoms with van der Waals surface area (Å²) < 4.78 is 39.5. The predicted octanol–water partition coefficient (Wildman–Crippen LogP) is 5.66. The van der Waals surface area contributed by atoms with Crippen molar-refractivity contribution in [3.8, 4) is 27.6 Å². The van der Waals surface area contributed by atoms with Gasteiger partial charge < -0.3 is 19.5 Å². The maximum absolute atomic E-state index is 12.9. The molecule has 0 spiro atoms. The number of thiazole rings is 1. The molecule has 7 nitrogen and oxygen atoms in total. The van der Waals surface area contributed by atoms with Gasteiger partial charge in [-0.1, -0.05) is 24.3 Å². The zero-order valence-electron chi connectivity index (χ0n) is 20.5. The highest BCUT2D eigenvalue weighted by molar-refractivity contribution is 7.13. The van der Waals surface area contributed by atoms with Crippen LogP contribution >= 0.6 is 11.3 Å². The molecular weight excluding hydrogens is 502 g/mol. The first-order chi connectivity index (χ1) is 17.7. The number of aromatic nitrogens is 1. The number of dihydropyridines is 1. The number of halogens is 2. The fourth-order valence-corrected chi connectivity index (χ4v) is 5.22. The van der Waals surface area contributed by atoms with Crippen LogP contribution in [0.3, 0.4) is 0 Å². The van der Waals surface area contributed by atoms with Crippen LogP contribution in [0.4, 0.5) is 8.78 Å². The Bertz CT molecular complexity index is 1360. The number of esters is 2. The molecule has 192 valence electrons. The topological polar surface area (TPSA) is 86.8 Å². The fraction of sp³-hybridized carbons (Fsp3) is 0.222. The van der Waals surface area contributed by atoms with Crippen LogP contribution in [0.2, 0.25) is 0 Å². The first kappa shape index (κ1) is 26.0. The number of carbonyl (C=O) groups excluding carboxylic acids is 2. The van der Waals surface area contributed by atoms with Crippen molar-refractivity contribution in [2.75, 3.05) is 14.2 Å². The summed E-state index contributed by atoms with van der Waals surface area (Å²) in [6.45, 7) is 0.605. The van der Waals surface area contributed by atoms with E-state index in [0.717, 1.165) is 11.1 Å². The van der Waals surface area contributed by atoms with E-state index in [1.165, 1.54) is 37.7 Å². The van der Waals surface area contributed by atoms with Crippen molar-refractivity contribution in [2.24, 2.45) is 0 Å². The van der Waals surface area contributed by atoms with Gasteiger partial charge in [0.1, 0.15) is 10.8 Å². The highest BCUT2D eigenvalue weighted by Crippen LogP contribution is 2.44. The average Bonchev–Trinajstić information content (AvgIpc) is 3.38. The van der Waals surface area contributed by atoms with Crippen LogP contribution in [0.25, 0.3) is 21.8 Å². The second-order valence-corrected chi connectivity index (χ2v) is 9.00. The summed E-state index contributed by atoms with van der Waals surface area (Å²) in [7, 11) is 2.58. The van der Waals surface area contributed by atoms with Crippen molar-refractivity contribution in [1.82, 2.24) is 10.3 Å². The van der Waals surface area contributed by atoms with E-state index in [-0.39, 0.29) is 5.75 Å². The molecule has 1 N–H and O–H groups in total. The van der Waals surface area contributed by atoms with Gasteiger partial charge >= 0.3 is 18.6 Å². The molecule has 0 unspecified atom stereocenters. The molecule has 37 heavy (non-hydrogen) atoms. The molecule has 10 heteroatoms. The van der Waals surface area contributed by atoms with E-state index in [9.17, 15) is 18.4 Å². The Balaban J connectivity index is 1.80. The Morgan fingerprint density at radius 2 is 1.54 bits per heavy atom. The Kier molecular flexibility index (Phi) is 7.68. The number of alkyl halides is 2. The lowest BCUT2D eigenvalue weighted by Gasteiger charge is -2.31. The van der Waals surface area contributed by atoms with Crippen LogP contribution in [0.15, 0.2) is 76.5 Å². The lowest BCUT2D eigenvalue weighted by Crippen LogP contribution is -2.32. The van der Waals surface area contributed by atoms with Crippen molar-refractivity contribution < 1.29 is 32.6 Å². The van der Waals surface area contributed by atoms with Crippen molar-refractivity contribution in [2.45, 2.75) is 26.4 Å². The largest absolute Gasteiger partial charge is 0.466 e. The molecule has 1 aromatic heterocycles. The highest BCUT2D eigenvalue weighted by atomic mass is 32.1. The van der Waals surface area contributed by atoms with Gasteiger partial charge in [-0.25, -0.2) is 14.6 Å². The van der Waals surface area contributed by atoms with Gasteiger partial charge in [0.2, 0.25) is 0 Å². The molecule has 0 radical (unpaired) electrons. The van der Waals surface area contributed by atoms with Crippen LogP contribution in [0.1, 0.15) is 25.3 Å². The minimum Gasteiger partial charge on any atom is -0.466 e. The maximum Gasteiger partial charge on any atom is 0.387 e. The van der Waals surface area contributed by atoms with Crippen LogP contribution in [-0.2, 0) is 19.1 Å². The first-order valence-electron chi connectivity index (χ1n) is 11.2. The zero-order valence-corrected chi connectivity index (χ0v) is 21.3. The van der Waals surface area contributed by atoms with Crippen molar-refractivity contribution in [3.63, 3.8) is 0 Å². The molecule has 0 bridgehead atoms. The summed E-state index contributed by atoms with van der Waals surface area (Å²) in [5.41, 5.74) is 4.52. The highest BCUT2D eigenvalue weighted by Gasteiger charge is 2.38. The van der Waals surface area contributed by atoms with Gasteiger partial charge in [-0.3, -0.25) is 0 Å². The van der Waals surface area contributed by atoms with Gasteiger partial charge in [0.15, 0.2) is 0 Å². The predicted molar refractivity (Wildman–Crippen MR) is 135 cm³/mol. The Hall–Kier alpha value is -4.05. The summed E-state index contributed by atoms with van der Waals surface area (Å²) in [6, 6.07) is 13.6. The number of hydrogen-bond donors (Lipinski definition) is 1. The van der Waals surface area contributed by atoms with Gasteiger partial charge in [-0.2, -0.15) is 8.78 Å². The van der Waals surface area contributed by atoms with Gasteiger partial charge in [0.25, 0.3) is 0 Å². The number of nitrogens with one attached hydrogen (secondary N) is 1. The van der Waals surface area contributed by atoms with Gasteiger partial charge in [-0.05, 0) is 43.7 Å². The van der Waals surface area contributed by atoms with Crippen LogP contribution in [0.5, 0.6) is 5.75 Å². The Morgan fingerprint density at radius 1 is 0.946 bits per heavy atom. The summed E-state index contributed by atoms with van der Waals surface area (Å²) >= 11 is 1.38. The van der Waals surface area contributed by atoms with Crippen molar-refractivity contribution in [3.05, 3.63) is 82.0 Å². The number of benzene rings is 2. The molecule has 0 amide bonds. The molecule has 3 aromatic rings. The Labute approximate surface area is 216 Å². The van der Waals surface area contributed by atoms with E-state index in [4.69, 9.17) is 14.5 Å². The van der Waals surface area contributed by atoms with Gasteiger partial charge in [-0.15, -0.1) is 11.3 Å². The van der Waals surface area contributed by atoms with E-state index >= 15 is 0 Å². The normalized spacial score (nSPS) is 14.0. The summed E-state index contributed by atoms with van der Waals surface area (Å²) in [6.07, 6.45) is 0. The molecule has 1 aliphatic rings. The lowest BCUT2D eigenvalue weighted by molar-refractivity contribution is -0.137. The van der Waals surface area contributed by atoms with Crippen LogP contribution in [0, 0.1) is 0 Å². The van der Waals surface area contributed by atoms with Crippen molar-refractivity contribution in [1.29, 1.82) is 0 Å². The maximum atomic E-state index is 12.9. The molecule has 0 saturated heterocycles. The number of rotatable bonds is 7. The quantitative estimate of drug-likeness (QED) is 0.398. The third kappa shape index (κ3) is 5.24. The monoisotopic (exact) mass is 526 g/mol. The summed E-state index contributed by atoms with van der Waals surface area (Å²) in [5.74, 6) is -1.83. The third-order valence-electron chi connectivity index (χ3n) is 5.95. The third-order valence-corrected chi connectivity index (χ3v) is 6.83. The second kappa shape index (κ2) is 10.9. The molecular formula is C27H24F2N2O5S. The number of methoxy groups -OCH3 is 2. The number of nitrogens with zero attached hydrogens (tertiary/aromatic N) is 1. The van der Waals surface area contributed by atoms with Gasteiger partial charge in [0.05, 0.1) is 37.0 Å². The summed E-state index contributed by atoms with van der Waals surface area (Å²) in [4.78, 5) is 30.5. The standard InChI is InChI=1S/C27H24F2N2O5S/c1-14-21(25(32)34-3)23(22(15(2)30-14)26(33)35-4)18-7-5-6-8-19(18)24-31-20(13-37-24)16-9-11-17(12-10-16)36-27(28)29/h5-13,23,27,30H,1-4H3. The number of hydrogen-bond acceptors (Lipinski definition) is 8. The molecule has 0 saturated carbocycles. The molecule has 2 aromatic carbocycles. The van der Waals surface area contributed by atoms with E-state index in [1.807, 2.05) is 29.6 Å². The smallest absolute Gasteiger partial charge is 0.387 e. The minimum absolute atomic E-state index is 0.0560. The van der Waals surface area contributed by atoms with Crippen molar-refractivity contribution >= 4 is 23.3 Å². The molecule has 0 atom stereocenters. The summed E-state index contributed by atoms with van der Waals surface area (Å²) in [5, 5.41) is 5.60. The number of ether oxygens (including phenoxy) is 3. The van der Waals surface area contributed by atoms with E-state index < -0.39 is 24.5 Å². The molecule has 0 aliphatic carbocycles. The molecule has 4 rings (SSSR count). The Morgan fingerprint density at radius 3 is 2.11 bits per heavy atom. The molecule has 1 aliphatic heterocycles. The van der Waals surface area contributed by atoms with Gasteiger partial charge in [0, 0.05) is 27.9 Å². The van der Waals surface area contributed by atoms with E-state index in [1.54, 1.807) is 26.0 Å². The minimum atomic E-state index is -2.90. The van der Waals surface area contributed by atoms with E-state index in [2.05, 4.69) is 10.1 Å². The second-order valence-electron chi connectivity index (χ2n) is 8.15. The van der Waals surface area contributed by atoms with Crippen LogP contribution in [-0.4, -0.2) is 37.8 Å².